The monoisotopic (exact) mass is 377 g/mol. The third-order valence-corrected chi connectivity index (χ3v) is 5.10. The molecule has 1 N–H and O–H groups in total. The quantitative estimate of drug-likeness (QED) is 0.735. The Morgan fingerprint density at radius 1 is 1.23 bits per heavy atom. The molecule has 114 valence electrons. The average molecular weight is 378 g/mol. The van der Waals surface area contributed by atoms with E-state index in [4.69, 9.17) is 0 Å². The molecular formula is C16H16BrN3OS. The number of hydrogen-bond acceptors (Lipinski definition) is 4. The Morgan fingerprint density at radius 3 is 2.77 bits per heavy atom. The van der Waals surface area contributed by atoms with E-state index < -0.39 is 0 Å². The van der Waals surface area contributed by atoms with Gasteiger partial charge in [0.15, 0.2) is 0 Å². The minimum absolute atomic E-state index is 0.0736. The van der Waals surface area contributed by atoms with Crippen LogP contribution >= 0.6 is 27.3 Å². The van der Waals surface area contributed by atoms with Crippen LogP contribution in [0.2, 0.25) is 0 Å². The zero-order chi connectivity index (χ0) is 15.5. The van der Waals surface area contributed by atoms with Gasteiger partial charge in [-0.2, -0.15) is 0 Å². The Morgan fingerprint density at radius 2 is 2.05 bits per heavy atom. The van der Waals surface area contributed by atoms with Crippen LogP contribution < -0.4 is 5.56 Å². The number of rotatable bonds is 5. The molecule has 0 saturated heterocycles. The number of aromatic nitrogens is 2. The summed E-state index contributed by atoms with van der Waals surface area (Å²) in [6.07, 6.45) is 0. The molecule has 6 heteroatoms. The number of para-hydroxylation sites is 1. The van der Waals surface area contributed by atoms with Gasteiger partial charge in [0.25, 0.3) is 5.56 Å². The predicted octanol–water partition coefficient (Wildman–Crippen LogP) is 3.77. The second-order valence-electron chi connectivity index (χ2n) is 5.04. The van der Waals surface area contributed by atoms with Crippen LogP contribution in [0.15, 0.2) is 45.0 Å². The van der Waals surface area contributed by atoms with Crippen molar-refractivity contribution in [2.24, 2.45) is 0 Å². The van der Waals surface area contributed by atoms with Crippen molar-refractivity contribution in [2.75, 3.05) is 6.54 Å². The lowest BCUT2D eigenvalue weighted by Crippen LogP contribution is -2.25. The first kappa shape index (κ1) is 15.4. The molecule has 4 nitrogen and oxygen atoms in total. The van der Waals surface area contributed by atoms with Gasteiger partial charge in [-0.05, 0) is 46.7 Å². The van der Waals surface area contributed by atoms with Crippen LogP contribution in [-0.4, -0.2) is 21.4 Å². The summed E-state index contributed by atoms with van der Waals surface area (Å²) in [6, 6.07) is 11.6. The molecule has 0 amide bonds. The number of aromatic amines is 1. The van der Waals surface area contributed by atoms with Gasteiger partial charge >= 0.3 is 0 Å². The van der Waals surface area contributed by atoms with Crippen molar-refractivity contribution in [1.82, 2.24) is 14.9 Å². The number of H-pyrrole nitrogens is 1. The number of hydrogen-bond donors (Lipinski definition) is 1. The molecular weight excluding hydrogens is 362 g/mol. The molecule has 0 unspecified atom stereocenters. The minimum atomic E-state index is -0.0736. The molecule has 0 radical (unpaired) electrons. The maximum absolute atomic E-state index is 12.1. The van der Waals surface area contributed by atoms with Gasteiger partial charge in [0.05, 0.1) is 21.2 Å². The normalized spacial score (nSPS) is 11.4. The van der Waals surface area contributed by atoms with E-state index in [1.165, 1.54) is 4.88 Å². The summed E-state index contributed by atoms with van der Waals surface area (Å²) in [6.45, 7) is 4.49. The first-order valence-electron chi connectivity index (χ1n) is 7.10. The van der Waals surface area contributed by atoms with Crippen LogP contribution in [-0.2, 0) is 13.1 Å². The first-order valence-corrected chi connectivity index (χ1v) is 8.71. The summed E-state index contributed by atoms with van der Waals surface area (Å²) in [7, 11) is 0. The summed E-state index contributed by atoms with van der Waals surface area (Å²) >= 11 is 5.22. The highest BCUT2D eigenvalue weighted by Gasteiger charge is 2.10. The summed E-state index contributed by atoms with van der Waals surface area (Å²) in [5.74, 6) is 0.709. The zero-order valence-corrected chi connectivity index (χ0v) is 14.6. The lowest BCUT2D eigenvalue weighted by atomic mass is 10.2. The van der Waals surface area contributed by atoms with E-state index in [2.05, 4.69) is 49.9 Å². The van der Waals surface area contributed by atoms with E-state index in [0.717, 1.165) is 22.4 Å². The molecule has 3 rings (SSSR count). The molecule has 1 aromatic carbocycles. The highest BCUT2D eigenvalue weighted by Crippen LogP contribution is 2.23. The van der Waals surface area contributed by atoms with Crippen molar-refractivity contribution in [3.8, 4) is 0 Å². The molecule has 0 saturated carbocycles. The van der Waals surface area contributed by atoms with Crippen molar-refractivity contribution in [2.45, 2.75) is 20.0 Å². The molecule has 0 aliphatic rings. The largest absolute Gasteiger partial charge is 0.309 e. The van der Waals surface area contributed by atoms with Gasteiger partial charge in [-0.1, -0.05) is 19.1 Å². The maximum atomic E-state index is 12.1. The predicted molar refractivity (Wildman–Crippen MR) is 94.2 cm³/mol. The Hall–Kier alpha value is -1.50. The summed E-state index contributed by atoms with van der Waals surface area (Å²) in [4.78, 5) is 23.1. The molecule has 0 atom stereocenters. The average Bonchev–Trinajstić information content (AvgIpc) is 2.92. The molecule has 0 aliphatic carbocycles. The Labute approximate surface area is 140 Å². The Balaban J connectivity index is 1.82. The van der Waals surface area contributed by atoms with E-state index >= 15 is 0 Å². The Kier molecular flexibility index (Phi) is 4.71. The number of nitrogens with one attached hydrogen (secondary N) is 1. The third-order valence-electron chi connectivity index (χ3n) is 3.49. The van der Waals surface area contributed by atoms with Gasteiger partial charge < -0.3 is 4.98 Å². The van der Waals surface area contributed by atoms with Crippen LogP contribution in [0.25, 0.3) is 10.9 Å². The molecule has 0 bridgehead atoms. The second kappa shape index (κ2) is 6.73. The molecule has 0 spiro atoms. The van der Waals surface area contributed by atoms with E-state index in [1.807, 2.05) is 18.2 Å². The number of nitrogens with zero attached hydrogens (tertiary/aromatic N) is 2. The van der Waals surface area contributed by atoms with Gasteiger partial charge in [-0.15, -0.1) is 11.3 Å². The van der Waals surface area contributed by atoms with Gasteiger partial charge in [0, 0.05) is 11.4 Å². The van der Waals surface area contributed by atoms with Gasteiger partial charge in [-0.3, -0.25) is 9.69 Å². The topological polar surface area (TPSA) is 49.0 Å². The van der Waals surface area contributed by atoms with Crippen LogP contribution in [0.1, 0.15) is 17.6 Å². The minimum Gasteiger partial charge on any atom is -0.309 e. The summed E-state index contributed by atoms with van der Waals surface area (Å²) < 4.78 is 1.13. The van der Waals surface area contributed by atoms with Crippen LogP contribution in [0.5, 0.6) is 0 Å². The van der Waals surface area contributed by atoms with Crippen LogP contribution in [0.4, 0.5) is 0 Å². The molecule has 0 fully saturated rings. The van der Waals surface area contributed by atoms with Crippen molar-refractivity contribution in [3.63, 3.8) is 0 Å². The number of halogens is 1. The Bertz CT molecular complexity index is 843. The maximum Gasteiger partial charge on any atom is 0.258 e. The number of thiophene rings is 1. The van der Waals surface area contributed by atoms with E-state index in [-0.39, 0.29) is 5.56 Å². The molecule has 3 aromatic rings. The molecule has 0 aliphatic heterocycles. The fourth-order valence-corrected chi connectivity index (χ4v) is 3.88. The highest BCUT2D eigenvalue weighted by atomic mass is 79.9. The molecule has 2 aromatic heterocycles. The lowest BCUT2D eigenvalue weighted by Gasteiger charge is -2.18. The summed E-state index contributed by atoms with van der Waals surface area (Å²) in [5.41, 5.74) is 0.673. The van der Waals surface area contributed by atoms with E-state index in [9.17, 15) is 4.79 Å². The third kappa shape index (κ3) is 3.45. The molecule has 22 heavy (non-hydrogen) atoms. The zero-order valence-electron chi connectivity index (χ0n) is 12.2. The highest BCUT2D eigenvalue weighted by molar-refractivity contribution is 9.11. The number of fused-ring (bicyclic) bond motifs is 1. The fourth-order valence-electron chi connectivity index (χ4n) is 2.36. The summed E-state index contributed by atoms with van der Waals surface area (Å²) in [5, 5.41) is 0.636. The van der Waals surface area contributed by atoms with Crippen LogP contribution in [0.3, 0.4) is 0 Å². The number of benzene rings is 1. The molecule has 2 heterocycles. The smallest absolute Gasteiger partial charge is 0.258 e. The van der Waals surface area contributed by atoms with Gasteiger partial charge in [0.1, 0.15) is 5.82 Å². The van der Waals surface area contributed by atoms with Crippen molar-refractivity contribution < 1.29 is 0 Å². The van der Waals surface area contributed by atoms with Crippen molar-refractivity contribution >= 4 is 38.2 Å². The van der Waals surface area contributed by atoms with Crippen molar-refractivity contribution in [1.29, 1.82) is 0 Å². The van der Waals surface area contributed by atoms with E-state index in [0.29, 0.717) is 17.8 Å². The second-order valence-corrected chi connectivity index (χ2v) is 7.59. The SMILES string of the molecule is CCN(Cc1nc2ccccc2c(=O)[nH]1)Cc1ccc(Br)s1. The van der Waals surface area contributed by atoms with Gasteiger partial charge in [0.2, 0.25) is 0 Å². The fraction of sp³-hybridized carbons (Fsp3) is 0.250. The van der Waals surface area contributed by atoms with E-state index in [1.54, 1.807) is 17.4 Å². The standard InChI is InChI=1S/C16H16BrN3OS/c1-2-20(9-11-7-8-14(17)22-11)10-15-18-13-6-4-3-5-12(13)16(21)19-15/h3-8H,2,9-10H2,1H3,(H,18,19,21). The van der Waals surface area contributed by atoms with Gasteiger partial charge in [-0.25, -0.2) is 4.98 Å². The first-order chi connectivity index (χ1) is 10.7. The lowest BCUT2D eigenvalue weighted by molar-refractivity contribution is 0.267. The van der Waals surface area contributed by atoms with Crippen molar-refractivity contribution in [3.05, 3.63) is 61.2 Å². The van der Waals surface area contributed by atoms with Crippen LogP contribution in [0, 0.1) is 0 Å².